The van der Waals surface area contributed by atoms with Crippen LogP contribution >= 0.6 is 103 Å². The highest BCUT2D eigenvalue weighted by Gasteiger charge is 2.65. The fourth-order valence-corrected chi connectivity index (χ4v) is 11.7. The molecule has 0 saturated heterocycles. The minimum absolute atomic E-state index is 0.00347. The Morgan fingerprint density at radius 3 is 1.47 bits per heavy atom. The first-order chi connectivity index (χ1) is 36.6. The minimum Gasteiger partial charge on any atom is -0.478 e. The molecular formula is C53H50Cl5F3I2N4O11. The number of methoxy groups -OCH3 is 2. The number of carbonyl (C=O) groups is 7. The maximum atomic E-state index is 13.8. The van der Waals surface area contributed by atoms with Gasteiger partial charge in [-0.25, -0.2) is 9.59 Å². The molecule has 3 N–H and O–H groups in total. The van der Waals surface area contributed by atoms with E-state index >= 15 is 0 Å². The van der Waals surface area contributed by atoms with Gasteiger partial charge in [-0.3, -0.25) is 29.1 Å². The van der Waals surface area contributed by atoms with Crippen molar-refractivity contribution in [3.05, 3.63) is 133 Å². The van der Waals surface area contributed by atoms with Crippen molar-refractivity contribution in [2.45, 2.75) is 113 Å². The third-order valence-electron chi connectivity index (χ3n) is 14.5. The molecule has 0 radical (unpaired) electrons. The molecule has 3 fully saturated rings. The number of esters is 2. The molecule has 2 atom stereocenters. The molecule has 0 aliphatic heterocycles. The molecule has 3 aromatic carbocycles. The fourth-order valence-electron chi connectivity index (χ4n) is 9.42. The Balaban J connectivity index is 0.000000173. The van der Waals surface area contributed by atoms with Gasteiger partial charge in [0.2, 0.25) is 0 Å². The Bertz CT molecular complexity index is 3080. The number of aromatic carboxylic acids is 2. The summed E-state index contributed by atoms with van der Waals surface area (Å²) in [5.74, 6) is -3.50. The lowest BCUT2D eigenvalue weighted by molar-refractivity contribution is -0.160. The maximum Gasteiger partial charge on any atom is 0.398 e. The number of H-pyrrole nitrogens is 1. The molecule has 5 aliphatic carbocycles. The molecule has 2 heterocycles. The van der Waals surface area contributed by atoms with E-state index in [0.29, 0.717) is 32.3 Å². The summed E-state index contributed by atoms with van der Waals surface area (Å²) < 4.78 is 53.6. The first kappa shape index (κ1) is 62.9. The molecule has 25 heteroatoms. The van der Waals surface area contributed by atoms with Crippen LogP contribution in [0.3, 0.4) is 0 Å². The second kappa shape index (κ2) is 25.6. The van der Waals surface area contributed by atoms with E-state index in [4.69, 9.17) is 54.5 Å². The number of nitrogens with one attached hydrogen (secondary N) is 1. The molecule has 5 aromatic rings. The number of benzene rings is 3. The van der Waals surface area contributed by atoms with Gasteiger partial charge in [0.25, 0.3) is 5.91 Å². The zero-order valence-electron chi connectivity index (χ0n) is 42.0. The van der Waals surface area contributed by atoms with E-state index in [9.17, 15) is 46.7 Å². The number of carboxylic acid groups (broad SMARTS) is 2. The lowest BCUT2D eigenvalue weighted by atomic mass is 9.87. The van der Waals surface area contributed by atoms with Crippen molar-refractivity contribution in [3.63, 3.8) is 0 Å². The number of rotatable bonds is 9. The minimum atomic E-state index is -4.49. The Morgan fingerprint density at radius 1 is 0.654 bits per heavy atom. The number of carboxylic acids is 2. The van der Waals surface area contributed by atoms with Crippen LogP contribution in [0.25, 0.3) is 0 Å². The van der Waals surface area contributed by atoms with Gasteiger partial charge in [0, 0.05) is 29.7 Å². The van der Waals surface area contributed by atoms with Crippen molar-refractivity contribution in [1.29, 1.82) is 0 Å². The van der Waals surface area contributed by atoms with Gasteiger partial charge in [0.1, 0.15) is 7.40 Å². The van der Waals surface area contributed by atoms with E-state index in [1.165, 1.54) is 38.0 Å². The number of aromatic amines is 1. The normalized spacial score (nSPS) is 18.3. The van der Waals surface area contributed by atoms with Gasteiger partial charge in [-0.2, -0.15) is 28.1 Å². The second-order valence-electron chi connectivity index (χ2n) is 19.7. The quantitative estimate of drug-likeness (QED) is 0.0541. The van der Waals surface area contributed by atoms with E-state index in [1.54, 1.807) is 12.1 Å². The first-order valence-corrected chi connectivity index (χ1v) is 28.1. The van der Waals surface area contributed by atoms with Crippen molar-refractivity contribution in [2.75, 3.05) is 14.2 Å². The van der Waals surface area contributed by atoms with E-state index in [0.717, 1.165) is 75.7 Å². The predicted molar refractivity (Wildman–Crippen MR) is 301 cm³/mol. The number of halogens is 10. The monoisotopic (exact) mass is 1400 g/mol. The summed E-state index contributed by atoms with van der Waals surface area (Å²) in [4.78, 5) is 77.7. The SMILES string of the molecule is CC1(c2cccc(Cl)c2C(=O)O)CC1.CC1(c2cccc(Cl)c2C(=O)O)CC1.COC(=O)[C@@H]1CCc2c(I)n[nH]c2C1.COC(=O)[C@@H]1CCc2c(I)nn(C(=O)c3c(Cl)cccc3C3(C(F)(F)F)CC3)c2C1.O=C(Cl)C(=O)Cl. The van der Waals surface area contributed by atoms with Crippen LogP contribution in [0.5, 0.6) is 0 Å². The van der Waals surface area contributed by atoms with Gasteiger partial charge in [-0.05, 0) is 178 Å². The number of fused-ring (bicyclic) bond motifs is 2. The van der Waals surface area contributed by atoms with Crippen LogP contribution in [0.2, 0.25) is 15.1 Å². The Kier molecular flexibility index (Phi) is 20.7. The topological polar surface area (TPSA) is 225 Å². The number of nitrogens with zero attached hydrogens (tertiary/aromatic N) is 3. The molecule has 0 spiro atoms. The van der Waals surface area contributed by atoms with E-state index in [-0.39, 0.29) is 75.2 Å². The fraction of sp³-hybridized carbons (Fsp3) is 0.415. The van der Waals surface area contributed by atoms with Crippen LogP contribution in [0.15, 0.2) is 54.6 Å². The third-order valence-corrected chi connectivity index (χ3v) is 17.7. The van der Waals surface area contributed by atoms with Crippen LogP contribution < -0.4 is 0 Å². The molecule has 5 aliphatic rings. The highest BCUT2D eigenvalue weighted by molar-refractivity contribution is 14.1. The van der Waals surface area contributed by atoms with Crippen LogP contribution in [0.4, 0.5) is 13.2 Å². The number of alkyl halides is 3. The summed E-state index contributed by atoms with van der Waals surface area (Å²) in [5.41, 5.74) is 3.72. The largest absolute Gasteiger partial charge is 0.478 e. The molecule has 418 valence electrons. The standard InChI is InChI=1S/C20H17ClF3IN2O3.2C11H11ClO2.C9H11IN2O2.C2Cl2O2/c1-30-18(29)10-5-6-11-14(9-10)27(26-16(11)25)17(28)15-12(3-2-4-13(15)21)19(7-8-19)20(22,23)24;2*1-11(5-6-11)7-3-2-4-8(12)9(7)10(13)14;1-14-9(13)5-2-3-6-7(4-5)11-12-8(6)10;3-1(5)2(4)6/h2-4,10H,5-9H2,1H3;2*2-4H,5-6H2,1H3,(H,13,14);5H,2-4H2,1H3,(H,11,12);/t10-;;;5-;/m1..1./s1. The molecule has 0 bridgehead atoms. The van der Waals surface area contributed by atoms with Gasteiger partial charge in [0.05, 0.1) is 68.9 Å². The van der Waals surface area contributed by atoms with Crippen molar-refractivity contribution in [3.8, 4) is 0 Å². The molecule has 3 saturated carbocycles. The second-order valence-corrected chi connectivity index (χ2v) is 23.6. The van der Waals surface area contributed by atoms with Crippen molar-refractivity contribution >= 4 is 143 Å². The summed E-state index contributed by atoms with van der Waals surface area (Å²) in [7, 11) is 2.74. The van der Waals surface area contributed by atoms with Crippen molar-refractivity contribution in [1.82, 2.24) is 20.0 Å². The molecule has 0 amide bonds. The summed E-state index contributed by atoms with van der Waals surface area (Å²) in [6.07, 6.45) is 3.38. The molecule has 0 unspecified atom stereocenters. The first-order valence-electron chi connectivity index (χ1n) is 24.0. The maximum absolute atomic E-state index is 13.8. The summed E-state index contributed by atoms with van der Waals surface area (Å²) >= 11 is 31.2. The Hall–Kier alpha value is -4.33. The zero-order chi connectivity index (χ0) is 57.8. The number of hydrogen-bond acceptors (Lipinski definition) is 11. The van der Waals surface area contributed by atoms with Crippen molar-refractivity contribution < 1.29 is 66.4 Å². The average molecular weight is 1410 g/mol. The summed E-state index contributed by atoms with van der Waals surface area (Å²) in [6, 6.07) is 14.8. The lowest BCUT2D eigenvalue weighted by Gasteiger charge is -2.24. The van der Waals surface area contributed by atoms with Gasteiger partial charge in [0.15, 0.2) is 0 Å². The van der Waals surface area contributed by atoms with Gasteiger partial charge >= 0.3 is 40.5 Å². The molecule has 10 rings (SSSR count). The number of carbonyl (C=O) groups excluding carboxylic acids is 5. The smallest absolute Gasteiger partial charge is 0.398 e. The molecule has 2 aromatic heterocycles. The van der Waals surface area contributed by atoms with Crippen molar-refractivity contribution in [2.24, 2.45) is 11.8 Å². The van der Waals surface area contributed by atoms with Crippen LogP contribution in [0.1, 0.15) is 135 Å². The molecular weight excluding hydrogens is 1360 g/mol. The predicted octanol–water partition coefficient (Wildman–Crippen LogP) is 12.7. The van der Waals surface area contributed by atoms with E-state index in [2.05, 4.69) is 74.9 Å². The Morgan fingerprint density at radius 2 is 1.08 bits per heavy atom. The third kappa shape index (κ3) is 14.2. The highest BCUT2D eigenvalue weighted by atomic mass is 127. The average Bonchev–Trinajstić information content (AvgIpc) is 4.54. The molecule has 78 heavy (non-hydrogen) atoms. The lowest BCUT2D eigenvalue weighted by Crippen LogP contribution is -2.32. The van der Waals surface area contributed by atoms with E-state index < -0.39 is 45.8 Å². The summed E-state index contributed by atoms with van der Waals surface area (Å²) in [6.45, 7) is 4.15. The van der Waals surface area contributed by atoms with Crippen LogP contribution in [-0.4, -0.2) is 90.9 Å². The van der Waals surface area contributed by atoms with E-state index in [1.807, 2.05) is 46.9 Å². The highest BCUT2D eigenvalue weighted by Crippen LogP contribution is 2.60. The number of aromatic nitrogens is 4. The summed E-state index contributed by atoms with van der Waals surface area (Å²) in [5, 5.41) is 27.8. The number of ether oxygens (including phenoxy) is 2. The zero-order valence-corrected chi connectivity index (χ0v) is 50.1. The Labute approximate surface area is 498 Å². The van der Waals surface area contributed by atoms with Gasteiger partial charge in [-0.15, -0.1) is 0 Å². The van der Waals surface area contributed by atoms with Crippen LogP contribution in [0, 0.1) is 19.2 Å². The molecule has 15 nitrogen and oxygen atoms in total. The number of hydrogen-bond donors (Lipinski definition) is 3. The van der Waals surface area contributed by atoms with Gasteiger partial charge < -0.3 is 19.7 Å². The van der Waals surface area contributed by atoms with Gasteiger partial charge in [-0.1, -0.05) is 85.0 Å². The van der Waals surface area contributed by atoms with Crippen LogP contribution in [-0.2, 0) is 70.6 Å².